The smallest absolute Gasteiger partial charge is 0.326 e. The van der Waals surface area contributed by atoms with E-state index in [2.05, 4.69) is 12.2 Å². The predicted molar refractivity (Wildman–Crippen MR) is 103 cm³/mol. The van der Waals surface area contributed by atoms with Gasteiger partial charge in [0, 0.05) is 22.9 Å². The summed E-state index contributed by atoms with van der Waals surface area (Å²) in [6, 6.07) is -0.728. The largest absolute Gasteiger partial charge is 0.480 e. The van der Waals surface area contributed by atoms with Gasteiger partial charge in [-0.3, -0.25) is 9.79 Å². The Hall–Kier alpha value is -1.76. The molecule has 26 heavy (non-hydrogen) atoms. The van der Waals surface area contributed by atoms with Crippen molar-refractivity contribution in [3.05, 3.63) is 17.4 Å². The molecule has 2 atom stereocenters. The fraction of sp³-hybridized carbons (Fsp3) is 0.632. The molecule has 1 aromatic rings. The molecule has 0 bridgehead atoms. The fourth-order valence-electron chi connectivity index (χ4n) is 3.63. The number of rotatable bonds is 7. The van der Waals surface area contributed by atoms with E-state index in [4.69, 9.17) is 6.36 Å². The van der Waals surface area contributed by atoms with E-state index in [1.807, 2.05) is 11.5 Å². The fourth-order valence-corrected chi connectivity index (χ4v) is 4.73. The molecular weight excluding hydrogens is 350 g/mol. The predicted octanol–water partition coefficient (Wildman–Crippen LogP) is 3.04. The molecule has 0 radical (unpaired) electrons. The number of nitrogens with one attached hydrogen (secondary N) is 1. The van der Waals surface area contributed by atoms with Gasteiger partial charge >= 0.3 is 5.97 Å². The summed E-state index contributed by atoms with van der Waals surface area (Å²) in [6.07, 6.45) is 4.75. The molecule has 0 saturated carbocycles. The number of carboxylic acid groups (broad SMARTS) is 1. The van der Waals surface area contributed by atoms with Gasteiger partial charge in [0.15, 0.2) is 0 Å². The average Bonchev–Trinajstić information content (AvgIpc) is 2.80. The Morgan fingerprint density at radius 1 is 1.46 bits per heavy atom. The number of carbonyl (C=O) groups is 2. The number of aromatic nitrogens is 1. The van der Waals surface area contributed by atoms with Crippen molar-refractivity contribution in [3.63, 3.8) is 0 Å². The average molecular weight is 379 g/mol. The second kappa shape index (κ2) is 8.29. The van der Waals surface area contributed by atoms with E-state index >= 15 is 0 Å². The molecule has 0 aromatic carbocycles. The van der Waals surface area contributed by atoms with Gasteiger partial charge < -0.3 is 15.0 Å². The summed E-state index contributed by atoms with van der Waals surface area (Å²) in [7, 11) is 0. The van der Waals surface area contributed by atoms with Gasteiger partial charge in [-0.15, -0.1) is 11.8 Å². The van der Waals surface area contributed by atoms with E-state index in [1.54, 1.807) is 0 Å². The lowest BCUT2D eigenvalue weighted by molar-refractivity contribution is -0.141. The summed E-state index contributed by atoms with van der Waals surface area (Å²) in [4.78, 5) is 29.7. The van der Waals surface area contributed by atoms with Crippen LogP contribution in [-0.4, -0.2) is 45.6 Å². The zero-order valence-electron chi connectivity index (χ0n) is 16.4. The molecule has 7 heteroatoms. The lowest BCUT2D eigenvalue weighted by Gasteiger charge is -2.27. The summed E-state index contributed by atoms with van der Waals surface area (Å²) in [5.74, 6) is -0.493. The minimum Gasteiger partial charge on any atom is -0.480 e. The normalized spacial score (nSPS) is 22.1. The van der Waals surface area contributed by atoms with E-state index in [0.29, 0.717) is 37.6 Å². The molecule has 2 aliphatic heterocycles. The molecule has 1 amide bonds. The summed E-state index contributed by atoms with van der Waals surface area (Å²) >= 11 is 1.46. The third-order valence-corrected chi connectivity index (χ3v) is 5.96. The van der Waals surface area contributed by atoms with Crippen LogP contribution in [0, 0.1) is 0 Å². The highest BCUT2D eigenvalue weighted by molar-refractivity contribution is 7.99. The van der Waals surface area contributed by atoms with Crippen molar-refractivity contribution in [2.24, 2.45) is 4.99 Å². The molecule has 2 aliphatic rings. The van der Waals surface area contributed by atoms with Crippen LogP contribution in [-0.2, 0) is 16.0 Å². The molecule has 142 valence electrons. The Kier molecular flexibility index (Phi) is 5.62. The Balaban J connectivity index is 2.06. The summed E-state index contributed by atoms with van der Waals surface area (Å²) < 4.78 is 10.5. The number of carboxylic acids is 1. The molecule has 2 N–H and O–H groups in total. The number of aliphatic imine (C=N–C) groups is 1. The van der Waals surface area contributed by atoms with Crippen LogP contribution < -0.4 is 5.32 Å². The third-order valence-electron chi connectivity index (χ3n) is 4.90. The molecule has 0 unspecified atom stereocenters. The standard InChI is InChI=1S/C19H27N3O3S/c1-3-5-6-7-12-10-16-17-13(8-9-15(19(24)25)22(12)17)21-14(11-26-16)18(23)20-4-2/h10,14-15H,3-9,11H2,1-2H3,(H,20,23)(H,24,25)/t14-,15+/m1/s1/i10D. The highest BCUT2D eigenvalue weighted by Gasteiger charge is 2.36. The van der Waals surface area contributed by atoms with Crippen LogP contribution in [0.15, 0.2) is 15.9 Å². The first-order valence-corrected chi connectivity index (χ1v) is 10.4. The number of amides is 1. The van der Waals surface area contributed by atoms with E-state index < -0.39 is 18.1 Å². The molecule has 6 nitrogen and oxygen atoms in total. The first-order chi connectivity index (χ1) is 13.0. The van der Waals surface area contributed by atoms with E-state index in [1.165, 1.54) is 11.8 Å². The van der Waals surface area contributed by atoms with Crippen LogP contribution in [0.1, 0.15) is 64.8 Å². The van der Waals surface area contributed by atoms with Crippen LogP contribution in [0.25, 0.3) is 0 Å². The monoisotopic (exact) mass is 378 g/mol. The number of hydrogen-bond acceptors (Lipinski definition) is 4. The Labute approximate surface area is 159 Å². The van der Waals surface area contributed by atoms with Crippen molar-refractivity contribution in [1.82, 2.24) is 9.88 Å². The second-order valence-corrected chi connectivity index (χ2v) is 7.80. The van der Waals surface area contributed by atoms with Crippen molar-refractivity contribution in [3.8, 4) is 0 Å². The number of nitrogens with zero attached hydrogens (tertiary/aromatic N) is 2. The number of unbranched alkanes of at least 4 members (excludes halogenated alkanes) is 2. The van der Waals surface area contributed by atoms with E-state index in [9.17, 15) is 14.7 Å². The SMILES string of the molecule is [2H]c1c2c3n(c1CCCCC)[C@H](C(=O)O)CCC3=N[C@@H](C(=O)NCC)CS2. The minimum atomic E-state index is -0.863. The van der Waals surface area contributed by atoms with Crippen molar-refractivity contribution < 1.29 is 16.1 Å². The lowest BCUT2D eigenvalue weighted by atomic mass is 10.00. The summed E-state index contributed by atoms with van der Waals surface area (Å²) in [5, 5.41) is 12.6. The number of aliphatic carboxylic acids is 1. The molecule has 0 spiro atoms. The highest BCUT2D eigenvalue weighted by Crippen LogP contribution is 2.39. The van der Waals surface area contributed by atoms with Gasteiger partial charge in [0.1, 0.15) is 12.1 Å². The molecule has 3 rings (SSSR count). The number of likely N-dealkylation sites (N-methyl/N-ethyl adjacent to an activating group) is 1. The topological polar surface area (TPSA) is 83.7 Å². The number of hydrogen-bond donors (Lipinski definition) is 2. The molecule has 0 fully saturated rings. The first kappa shape index (κ1) is 17.6. The van der Waals surface area contributed by atoms with Crippen molar-refractivity contribution in [2.45, 2.75) is 69.4 Å². The molecular formula is C19H27N3O3S. The van der Waals surface area contributed by atoms with Gasteiger partial charge in [0.2, 0.25) is 5.91 Å². The minimum absolute atomic E-state index is 0.107. The maximum atomic E-state index is 12.3. The van der Waals surface area contributed by atoms with Crippen LogP contribution in [0.4, 0.5) is 0 Å². The van der Waals surface area contributed by atoms with Gasteiger partial charge in [0.25, 0.3) is 0 Å². The van der Waals surface area contributed by atoms with Gasteiger partial charge in [-0.2, -0.15) is 0 Å². The van der Waals surface area contributed by atoms with E-state index in [0.717, 1.165) is 41.3 Å². The Bertz CT molecular complexity index is 775. The van der Waals surface area contributed by atoms with Crippen molar-refractivity contribution in [2.75, 3.05) is 12.3 Å². The van der Waals surface area contributed by atoms with Crippen molar-refractivity contribution in [1.29, 1.82) is 0 Å². The maximum absolute atomic E-state index is 12.3. The van der Waals surface area contributed by atoms with Gasteiger partial charge in [-0.05, 0) is 38.6 Å². The van der Waals surface area contributed by atoms with Crippen molar-refractivity contribution >= 4 is 29.4 Å². The van der Waals surface area contributed by atoms with Crippen LogP contribution >= 0.6 is 11.8 Å². The first-order valence-electron chi connectivity index (χ1n) is 9.93. The number of thioether (sulfide) groups is 1. The van der Waals surface area contributed by atoms with E-state index in [-0.39, 0.29) is 5.91 Å². The van der Waals surface area contributed by atoms with Crippen LogP contribution in [0.3, 0.4) is 0 Å². The molecule has 0 saturated heterocycles. The molecule has 3 heterocycles. The third kappa shape index (κ3) is 3.68. The highest BCUT2D eigenvalue weighted by atomic mass is 32.2. The van der Waals surface area contributed by atoms with Gasteiger partial charge in [-0.1, -0.05) is 19.8 Å². The lowest BCUT2D eigenvalue weighted by Crippen LogP contribution is -2.36. The Morgan fingerprint density at radius 2 is 2.27 bits per heavy atom. The summed E-state index contributed by atoms with van der Waals surface area (Å²) in [6.45, 7) is 4.55. The van der Waals surface area contributed by atoms with Crippen LogP contribution in [0.5, 0.6) is 0 Å². The molecule has 1 aromatic heterocycles. The van der Waals surface area contributed by atoms with Gasteiger partial charge in [0.05, 0.1) is 12.8 Å². The van der Waals surface area contributed by atoms with Gasteiger partial charge in [-0.25, -0.2) is 4.79 Å². The maximum Gasteiger partial charge on any atom is 0.326 e. The molecule has 0 aliphatic carbocycles. The zero-order chi connectivity index (χ0) is 19.6. The Morgan fingerprint density at radius 3 is 2.96 bits per heavy atom. The second-order valence-electron chi connectivity index (χ2n) is 6.77. The summed E-state index contributed by atoms with van der Waals surface area (Å²) in [5.41, 5.74) is 2.35. The quantitative estimate of drug-likeness (QED) is 0.714. The number of carbonyl (C=O) groups excluding carboxylic acids is 1. The van der Waals surface area contributed by atoms with Crippen LogP contribution in [0.2, 0.25) is 0 Å². The zero-order valence-corrected chi connectivity index (χ0v) is 16.2.